The van der Waals surface area contributed by atoms with E-state index in [9.17, 15) is 0 Å². The average Bonchev–Trinajstić information content (AvgIpc) is 3.25. The van der Waals surface area contributed by atoms with Crippen LogP contribution in [0.2, 0.25) is 0 Å². The highest BCUT2D eigenvalue weighted by Crippen LogP contribution is 2.44. The number of anilines is 1. The summed E-state index contributed by atoms with van der Waals surface area (Å²) in [7, 11) is 4.28. The number of rotatable bonds is 6. The molecule has 0 amide bonds. The Hall–Kier alpha value is -0.690. The molecule has 1 saturated carbocycles. The quantitative estimate of drug-likeness (QED) is 0.854. The van der Waals surface area contributed by atoms with Gasteiger partial charge in [0.05, 0.1) is 5.69 Å². The number of hydrogen-bond acceptors (Lipinski definition) is 6. The Morgan fingerprint density at radius 3 is 2.52 bits per heavy atom. The molecule has 2 fully saturated rings. The number of nitrogens with two attached hydrogens (primary N) is 1. The van der Waals surface area contributed by atoms with Crippen LogP contribution in [-0.4, -0.2) is 68.1 Å². The van der Waals surface area contributed by atoms with Crippen LogP contribution in [-0.2, 0) is 6.54 Å². The maximum absolute atomic E-state index is 5.89. The number of piperazine rings is 1. The number of likely N-dealkylation sites (N-methyl/N-ethyl adjacent to an activating group) is 1. The first-order chi connectivity index (χ1) is 10.2. The largest absolute Gasteiger partial charge is 0.346 e. The maximum atomic E-state index is 5.89. The van der Waals surface area contributed by atoms with Crippen LogP contribution < -0.4 is 10.6 Å². The molecule has 1 aromatic heterocycles. The lowest BCUT2D eigenvalue weighted by Crippen LogP contribution is -2.48. The van der Waals surface area contributed by atoms with Gasteiger partial charge in [-0.3, -0.25) is 4.90 Å². The van der Waals surface area contributed by atoms with E-state index in [0.29, 0.717) is 12.5 Å². The Labute approximate surface area is 131 Å². The summed E-state index contributed by atoms with van der Waals surface area (Å²) >= 11 is 1.82. The smallest absolute Gasteiger partial charge is 0.185 e. The topological polar surface area (TPSA) is 48.6 Å². The van der Waals surface area contributed by atoms with Gasteiger partial charge < -0.3 is 15.5 Å². The molecule has 2 aliphatic rings. The SMILES string of the molecule is CN(C)CCN1CCN(c2nc(C3CC3)c(CN)s2)CC1. The van der Waals surface area contributed by atoms with Crippen molar-refractivity contribution in [1.29, 1.82) is 0 Å². The average molecular weight is 309 g/mol. The molecule has 6 heteroatoms. The molecule has 0 radical (unpaired) electrons. The molecule has 21 heavy (non-hydrogen) atoms. The molecule has 3 rings (SSSR count). The van der Waals surface area contributed by atoms with E-state index < -0.39 is 0 Å². The Morgan fingerprint density at radius 2 is 1.95 bits per heavy atom. The van der Waals surface area contributed by atoms with Crippen molar-refractivity contribution in [3.8, 4) is 0 Å². The van der Waals surface area contributed by atoms with Gasteiger partial charge in [-0.25, -0.2) is 4.98 Å². The zero-order valence-corrected chi connectivity index (χ0v) is 14.0. The lowest BCUT2D eigenvalue weighted by molar-refractivity contribution is 0.229. The second-order valence-electron chi connectivity index (χ2n) is 6.42. The summed E-state index contributed by atoms with van der Waals surface area (Å²) < 4.78 is 0. The van der Waals surface area contributed by atoms with E-state index in [0.717, 1.165) is 32.7 Å². The van der Waals surface area contributed by atoms with Crippen LogP contribution in [0.15, 0.2) is 0 Å². The van der Waals surface area contributed by atoms with Crippen LogP contribution in [0.5, 0.6) is 0 Å². The Bertz CT molecular complexity index is 461. The third-order valence-corrected chi connectivity index (χ3v) is 5.53. The number of nitrogens with zero attached hydrogens (tertiary/aromatic N) is 4. The number of thiazole rings is 1. The zero-order chi connectivity index (χ0) is 14.8. The van der Waals surface area contributed by atoms with Gasteiger partial charge in [0.15, 0.2) is 5.13 Å². The highest BCUT2D eigenvalue weighted by atomic mass is 32.1. The Kier molecular flexibility index (Phi) is 4.78. The van der Waals surface area contributed by atoms with Crippen molar-refractivity contribution in [3.05, 3.63) is 10.6 Å². The van der Waals surface area contributed by atoms with E-state index >= 15 is 0 Å². The monoisotopic (exact) mass is 309 g/mol. The summed E-state index contributed by atoms with van der Waals surface area (Å²) in [6.07, 6.45) is 2.60. The fourth-order valence-electron chi connectivity index (χ4n) is 2.81. The molecular formula is C15H27N5S. The fourth-order valence-corrected chi connectivity index (χ4v) is 3.89. The lowest BCUT2D eigenvalue weighted by atomic mass is 10.2. The van der Waals surface area contributed by atoms with Crippen LogP contribution in [0.4, 0.5) is 5.13 Å². The molecule has 0 spiro atoms. The molecule has 2 N–H and O–H groups in total. The second-order valence-corrected chi connectivity index (χ2v) is 7.48. The third kappa shape index (κ3) is 3.74. The summed E-state index contributed by atoms with van der Waals surface area (Å²) in [5.41, 5.74) is 7.19. The molecule has 0 bridgehead atoms. The Balaban J connectivity index is 1.56. The van der Waals surface area contributed by atoms with Crippen LogP contribution in [0, 0.1) is 0 Å². The standard InChI is InChI=1S/C15H27N5S/c1-18(2)5-6-19-7-9-20(10-8-19)15-17-14(12-3-4-12)13(11-16)21-15/h12H,3-11,16H2,1-2H3. The van der Waals surface area contributed by atoms with Crippen LogP contribution in [0.1, 0.15) is 29.3 Å². The third-order valence-electron chi connectivity index (χ3n) is 4.37. The molecule has 118 valence electrons. The predicted molar refractivity (Wildman–Crippen MR) is 89.2 cm³/mol. The van der Waals surface area contributed by atoms with Gasteiger partial charge in [0.2, 0.25) is 0 Å². The minimum absolute atomic E-state index is 0.645. The van der Waals surface area contributed by atoms with Gasteiger partial charge in [-0.2, -0.15) is 0 Å². The van der Waals surface area contributed by atoms with Crippen molar-refractivity contribution in [3.63, 3.8) is 0 Å². The van der Waals surface area contributed by atoms with E-state index in [1.165, 1.54) is 35.1 Å². The summed E-state index contributed by atoms with van der Waals surface area (Å²) in [6.45, 7) is 7.42. The van der Waals surface area contributed by atoms with Crippen LogP contribution in [0.25, 0.3) is 0 Å². The van der Waals surface area contributed by atoms with Crippen molar-refractivity contribution in [2.75, 3.05) is 58.3 Å². The van der Waals surface area contributed by atoms with Crippen molar-refractivity contribution in [2.24, 2.45) is 5.73 Å². The summed E-state index contributed by atoms with van der Waals surface area (Å²) in [4.78, 5) is 13.5. The molecule has 1 saturated heterocycles. The number of aromatic nitrogens is 1. The highest BCUT2D eigenvalue weighted by molar-refractivity contribution is 7.15. The fraction of sp³-hybridized carbons (Fsp3) is 0.800. The maximum Gasteiger partial charge on any atom is 0.185 e. The molecule has 1 aliphatic carbocycles. The summed E-state index contributed by atoms with van der Waals surface area (Å²) in [6, 6.07) is 0. The molecular weight excluding hydrogens is 282 g/mol. The summed E-state index contributed by atoms with van der Waals surface area (Å²) in [5.74, 6) is 0.704. The minimum atomic E-state index is 0.645. The molecule has 1 aromatic rings. The normalized spacial score (nSPS) is 20.5. The summed E-state index contributed by atoms with van der Waals surface area (Å²) in [5, 5.41) is 1.20. The van der Waals surface area contributed by atoms with Crippen molar-refractivity contribution < 1.29 is 0 Å². The van der Waals surface area contributed by atoms with Gasteiger partial charge in [-0.1, -0.05) is 0 Å². The van der Waals surface area contributed by atoms with E-state index in [4.69, 9.17) is 10.7 Å². The molecule has 0 atom stereocenters. The second kappa shape index (κ2) is 6.60. The van der Waals surface area contributed by atoms with Gasteiger partial charge in [0.25, 0.3) is 0 Å². The van der Waals surface area contributed by atoms with E-state index in [-0.39, 0.29) is 0 Å². The van der Waals surface area contributed by atoms with E-state index in [1.54, 1.807) is 0 Å². The van der Waals surface area contributed by atoms with Gasteiger partial charge in [0, 0.05) is 56.6 Å². The van der Waals surface area contributed by atoms with Gasteiger partial charge in [-0.15, -0.1) is 11.3 Å². The first-order valence-corrected chi connectivity index (χ1v) is 8.80. The van der Waals surface area contributed by atoms with Crippen LogP contribution >= 0.6 is 11.3 Å². The molecule has 2 heterocycles. The first-order valence-electron chi connectivity index (χ1n) is 7.99. The van der Waals surface area contributed by atoms with Crippen molar-refractivity contribution in [2.45, 2.75) is 25.3 Å². The highest BCUT2D eigenvalue weighted by Gasteiger charge is 2.30. The predicted octanol–water partition coefficient (Wildman–Crippen LogP) is 1.16. The van der Waals surface area contributed by atoms with Gasteiger partial charge in [-0.05, 0) is 26.9 Å². The molecule has 0 unspecified atom stereocenters. The van der Waals surface area contributed by atoms with Gasteiger partial charge in [0.1, 0.15) is 0 Å². The minimum Gasteiger partial charge on any atom is -0.346 e. The van der Waals surface area contributed by atoms with Crippen molar-refractivity contribution >= 4 is 16.5 Å². The lowest BCUT2D eigenvalue weighted by Gasteiger charge is -2.35. The van der Waals surface area contributed by atoms with Crippen LogP contribution in [0.3, 0.4) is 0 Å². The van der Waals surface area contributed by atoms with Crippen molar-refractivity contribution in [1.82, 2.24) is 14.8 Å². The first kappa shape index (κ1) is 15.2. The van der Waals surface area contributed by atoms with E-state index in [2.05, 4.69) is 28.8 Å². The molecule has 0 aromatic carbocycles. The Morgan fingerprint density at radius 1 is 1.24 bits per heavy atom. The van der Waals surface area contributed by atoms with Gasteiger partial charge >= 0.3 is 0 Å². The molecule has 1 aliphatic heterocycles. The number of hydrogen-bond donors (Lipinski definition) is 1. The zero-order valence-electron chi connectivity index (χ0n) is 13.2. The molecule has 5 nitrogen and oxygen atoms in total. The van der Waals surface area contributed by atoms with E-state index in [1.807, 2.05) is 11.3 Å².